The van der Waals surface area contributed by atoms with Gasteiger partial charge in [0.05, 0.1) is 4.90 Å². The summed E-state index contributed by atoms with van der Waals surface area (Å²) < 4.78 is 36.7. The molecule has 1 N–H and O–H groups in total. The monoisotopic (exact) mass is 382 g/mol. The van der Waals surface area contributed by atoms with Crippen molar-refractivity contribution in [1.82, 2.24) is 10.3 Å². The summed E-state index contributed by atoms with van der Waals surface area (Å²) in [6.07, 6.45) is 3.01. The highest BCUT2D eigenvalue weighted by Gasteiger charge is 2.31. The molecule has 0 unspecified atom stereocenters. The number of hydrogen-bond donors (Lipinski definition) is 1. The normalized spacial score (nSPS) is 14.1. The van der Waals surface area contributed by atoms with Crippen molar-refractivity contribution >= 4 is 27.3 Å². The van der Waals surface area contributed by atoms with Crippen LogP contribution in [0.5, 0.6) is 11.5 Å². The Morgan fingerprint density at radius 3 is 2.80 bits per heavy atom. The molecule has 1 atom stereocenters. The molecule has 132 valence electrons. The van der Waals surface area contributed by atoms with Crippen LogP contribution in [0.1, 0.15) is 10.8 Å². The first-order chi connectivity index (χ1) is 12.0. The van der Waals surface area contributed by atoms with Crippen molar-refractivity contribution in [1.29, 1.82) is 0 Å². The summed E-state index contributed by atoms with van der Waals surface area (Å²) in [7, 11) is -3.81. The molecule has 1 aromatic heterocycles. The fourth-order valence-corrected chi connectivity index (χ4v) is 4.20. The Kier molecular flexibility index (Phi) is 5.10. The number of rotatable bonds is 6. The second-order valence-corrected chi connectivity index (χ2v) is 7.67. The highest BCUT2D eigenvalue weighted by molar-refractivity contribution is 7.91. The highest BCUT2D eigenvalue weighted by atomic mass is 35.5. The Balaban J connectivity index is 1.97. The molecule has 2 heterocycles. The van der Waals surface area contributed by atoms with Gasteiger partial charge in [-0.3, -0.25) is 9.78 Å². The third-order valence-electron chi connectivity index (χ3n) is 3.71. The molecule has 2 aromatic rings. The Morgan fingerprint density at radius 1 is 1.28 bits per heavy atom. The van der Waals surface area contributed by atoms with Crippen LogP contribution in [0.4, 0.5) is 0 Å². The van der Waals surface area contributed by atoms with Crippen molar-refractivity contribution in [2.45, 2.75) is 10.1 Å². The first kappa shape index (κ1) is 17.5. The maximum atomic E-state index is 13.1. The van der Waals surface area contributed by atoms with E-state index in [1.807, 2.05) is 0 Å². The molecule has 1 aromatic carbocycles. The number of nitrogens with one attached hydrogen (secondary N) is 1. The van der Waals surface area contributed by atoms with E-state index in [9.17, 15) is 13.2 Å². The minimum atomic E-state index is -3.81. The molecule has 0 saturated carbocycles. The number of ether oxygens (including phenoxy) is 2. The molecule has 0 aliphatic carbocycles. The molecule has 0 spiro atoms. The van der Waals surface area contributed by atoms with Crippen molar-refractivity contribution in [3.8, 4) is 11.5 Å². The number of amides is 1. The van der Waals surface area contributed by atoms with Crippen LogP contribution >= 0.6 is 11.6 Å². The van der Waals surface area contributed by atoms with Crippen LogP contribution in [0.3, 0.4) is 0 Å². The smallest absolute Gasteiger partial charge is 0.234 e. The zero-order valence-electron chi connectivity index (χ0n) is 13.0. The number of hydrogen-bond acceptors (Lipinski definition) is 6. The lowest BCUT2D eigenvalue weighted by molar-refractivity contribution is -0.118. The van der Waals surface area contributed by atoms with Gasteiger partial charge in [0.1, 0.15) is 11.1 Å². The van der Waals surface area contributed by atoms with Crippen LogP contribution in [-0.4, -0.2) is 38.5 Å². The molecule has 0 bridgehead atoms. The minimum Gasteiger partial charge on any atom is -0.454 e. The average molecular weight is 383 g/mol. The first-order valence-electron chi connectivity index (χ1n) is 7.38. The van der Waals surface area contributed by atoms with Gasteiger partial charge < -0.3 is 14.8 Å². The summed E-state index contributed by atoms with van der Waals surface area (Å²) in [5.41, 5.74) is 0.468. The maximum absolute atomic E-state index is 13.1. The summed E-state index contributed by atoms with van der Waals surface area (Å²) in [4.78, 5) is 15.5. The summed E-state index contributed by atoms with van der Waals surface area (Å²) in [6.45, 7) is -0.0648. The van der Waals surface area contributed by atoms with E-state index in [1.54, 1.807) is 24.4 Å². The molecule has 1 amide bonds. The van der Waals surface area contributed by atoms with Crippen molar-refractivity contribution in [3.63, 3.8) is 0 Å². The van der Waals surface area contributed by atoms with Crippen molar-refractivity contribution < 1.29 is 22.7 Å². The Labute approximate surface area is 149 Å². The van der Waals surface area contributed by atoms with Crippen LogP contribution < -0.4 is 14.8 Å². The van der Waals surface area contributed by atoms with E-state index in [1.165, 1.54) is 18.3 Å². The number of carbonyl (C=O) groups is 1. The Bertz CT molecular complexity index is 873. The van der Waals surface area contributed by atoms with Crippen molar-refractivity contribution in [2.24, 2.45) is 0 Å². The fourth-order valence-electron chi connectivity index (χ4n) is 2.45. The topological polar surface area (TPSA) is 94.6 Å². The van der Waals surface area contributed by atoms with Gasteiger partial charge in [0.2, 0.25) is 12.7 Å². The Hall–Kier alpha value is -2.32. The van der Waals surface area contributed by atoms with Crippen LogP contribution in [0.2, 0.25) is 0 Å². The third-order valence-corrected chi connectivity index (χ3v) is 6.05. The third kappa shape index (κ3) is 3.69. The van der Waals surface area contributed by atoms with Crippen LogP contribution in [0.25, 0.3) is 0 Å². The number of halogens is 1. The minimum absolute atomic E-state index is 0.0522. The summed E-state index contributed by atoms with van der Waals surface area (Å²) in [6, 6.07) is 7.71. The second kappa shape index (κ2) is 7.28. The van der Waals surface area contributed by atoms with E-state index in [0.717, 1.165) is 0 Å². The van der Waals surface area contributed by atoms with Gasteiger partial charge in [0, 0.05) is 25.0 Å². The van der Waals surface area contributed by atoms with Gasteiger partial charge >= 0.3 is 0 Å². The molecule has 0 radical (unpaired) electrons. The highest BCUT2D eigenvalue weighted by Crippen LogP contribution is 2.37. The predicted molar refractivity (Wildman–Crippen MR) is 90.5 cm³/mol. The fraction of sp³-hybridized carbons (Fsp3) is 0.250. The van der Waals surface area contributed by atoms with E-state index in [4.69, 9.17) is 21.1 Å². The van der Waals surface area contributed by atoms with Gasteiger partial charge in [-0.1, -0.05) is 6.07 Å². The van der Waals surface area contributed by atoms with Gasteiger partial charge in [-0.25, -0.2) is 8.42 Å². The van der Waals surface area contributed by atoms with E-state index in [-0.39, 0.29) is 24.1 Å². The largest absolute Gasteiger partial charge is 0.454 e. The van der Waals surface area contributed by atoms with Crippen LogP contribution in [0.15, 0.2) is 47.6 Å². The van der Waals surface area contributed by atoms with Gasteiger partial charge in [-0.2, -0.15) is 0 Å². The number of aromatic nitrogens is 1. The number of sulfone groups is 1. The summed E-state index contributed by atoms with van der Waals surface area (Å²) in [5.74, 6) is 0.170. The zero-order valence-corrected chi connectivity index (χ0v) is 14.6. The molecule has 0 saturated heterocycles. The average Bonchev–Trinajstić information content (AvgIpc) is 3.10. The second-order valence-electron chi connectivity index (χ2n) is 5.27. The van der Waals surface area contributed by atoms with Gasteiger partial charge in [-0.05, 0) is 23.8 Å². The van der Waals surface area contributed by atoms with Crippen LogP contribution in [0, 0.1) is 0 Å². The number of fused-ring (bicyclic) bond motifs is 1. The zero-order chi connectivity index (χ0) is 17.9. The first-order valence-corrected chi connectivity index (χ1v) is 9.46. The number of alkyl halides is 1. The number of carbonyl (C=O) groups excluding carboxylic acids is 1. The van der Waals surface area contributed by atoms with E-state index in [0.29, 0.717) is 17.1 Å². The number of pyridine rings is 1. The standard InChI is InChI=1S/C16H15ClN2O5S/c17-7-16(20)19-9-15(11-2-1-5-18-8-11)25(21,22)12-3-4-13-14(6-12)24-10-23-13/h1-6,8,15H,7,9-10H2,(H,19,20)/t15-/m1/s1. The Morgan fingerprint density at radius 2 is 2.08 bits per heavy atom. The molecular weight excluding hydrogens is 368 g/mol. The van der Waals surface area contributed by atoms with Crippen molar-refractivity contribution in [2.75, 3.05) is 19.2 Å². The molecule has 1 aliphatic rings. The molecule has 3 rings (SSSR count). The van der Waals surface area contributed by atoms with E-state index in [2.05, 4.69) is 10.3 Å². The summed E-state index contributed by atoms with van der Waals surface area (Å²) >= 11 is 5.47. The SMILES string of the molecule is O=C(CCl)NC[C@H](c1cccnc1)S(=O)(=O)c1ccc2c(c1)OCO2. The van der Waals surface area contributed by atoms with Crippen LogP contribution in [-0.2, 0) is 14.6 Å². The molecule has 7 nitrogen and oxygen atoms in total. The quantitative estimate of drug-likeness (QED) is 0.764. The number of benzene rings is 1. The van der Waals surface area contributed by atoms with E-state index < -0.39 is 21.0 Å². The summed E-state index contributed by atoms with van der Waals surface area (Å²) in [5, 5.41) is 1.52. The van der Waals surface area contributed by atoms with Gasteiger partial charge in [0.15, 0.2) is 21.3 Å². The molecular formula is C16H15ClN2O5S. The van der Waals surface area contributed by atoms with E-state index >= 15 is 0 Å². The molecule has 25 heavy (non-hydrogen) atoms. The molecule has 9 heteroatoms. The van der Waals surface area contributed by atoms with Gasteiger partial charge in [-0.15, -0.1) is 11.6 Å². The lowest BCUT2D eigenvalue weighted by Crippen LogP contribution is -2.32. The number of nitrogens with zero attached hydrogens (tertiary/aromatic N) is 1. The maximum Gasteiger partial charge on any atom is 0.234 e. The molecule has 0 fully saturated rings. The predicted octanol–water partition coefficient (Wildman–Crippen LogP) is 1.68. The lowest BCUT2D eigenvalue weighted by atomic mass is 10.2. The molecule has 1 aliphatic heterocycles. The van der Waals surface area contributed by atoms with Gasteiger partial charge in [0.25, 0.3) is 0 Å². The lowest BCUT2D eigenvalue weighted by Gasteiger charge is -2.18. The van der Waals surface area contributed by atoms with Crippen molar-refractivity contribution in [3.05, 3.63) is 48.3 Å².